The summed E-state index contributed by atoms with van der Waals surface area (Å²) in [6.45, 7) is 14.1. The van der Waals surface area contributed by atoms with Crippen molar-refractivity contribution in [3.63, 3.8) is 0 Å². The summed E-state index contributed by atoms with van der Waals surface area (Å²) < 4.78 is 5.62. The van der Waals surface area contributed by atoms with Crippen molar-refractivity contribution in [3.8, 4) is 5.75 Å². The minimum absolute atomic E-state index is 0. The lowest BCUT2D eigenvalue weighted by atomic mass is 10.2. The normalized spacial score (nSPS) is 12.4. The highest BCUT2D eigenvalue weighted by molar-refractivity contribution is 14.0. The third-order valence-electron chi connectivity index (χ3n) is 4.00. The minimum Gasteiger partial charge on any atom is -0.490 e. The molecule has 150 valence electrons. The number of rotatable bonds is 12. The molecule has 1 rings (SSSR count). The highest BCUT2D eigenvalue weighted by atomic mass is 127. The fourth-order valence-corrected chi connectivity index (χ4v) is 2.54. The van der Waals surface area contributed by atoms with Gasteiger partial charge in [0.15, 0.2) is 5.96 Å². The number of pyridine rings is 1. The number of aromatic nitrogens is 1. The van der Waals surface area contributed by atoms with Crippen LogP contribution < -0.4 is 15.4 Å². The van der Waals surface area contributed by atoms with Gasteiger partial charge in [-0.05, 0) is 58.5 Å². The Morgan fingerprint density at radius 2 is 2.08 bits per heavy atom. The topological polar surface area (TPSA) is 61.8 Å². The van der Waals surface area contributed by atoms with E-state index in [1.54, 1.807) is 12.4 Å². The van der Waals surface area contributed by atoms with E-state index in [-0.39, 0.29) is 24.0 Å². The van der Waals surface area contributed by atoms with Crippen LogP contribution in [0.15, 0.2) is 29.5 Å². The molecular formula is C19H36IN5O. The predicted octanol–water partition coefficient (Wildman–Crippen LogP) is 3.14. The lowest BCUT2D eigenvalue weighted by Crippen LogP contribution is -2.42. The van der Waals surface area contributed by atoms with Gasteiger partial charge in [-0.25, -0.2) is 4.99 Å². The number of ether oxygens (including phenoxy) is 1. The van der Waals surface area contributed by atoms with Crippen LogP contribution in [0.5, 0.6) is 5.75 Å². The lowest BCUT2D eigenvalue weighted by molar-refractivity contribution is 0.292. The first kappa shape index (κ1) is 24.9. The van der Waals surface area contributed by atoms with Crippen LogP contribution in [0.25, 0.3) is 0 Å². The maximum Gasteiger partial charge on any atom is 0.191 e. The van der Waals surface area contributed by atoms with Gasteiger partial charge in [-0.15, -0.1) is 24.0 Å². The summed E-state index contributed by atoms with van der Waals surface area (Å²) in [6.07, 6.45) is 5.78. The Labute approximate surface area is 176 Å². The molecule has 0 aromatic carbocycles. The third kappa shape index (κ3) is 11.5. The van der Waals surface area contributed by atoms with E-state index < -0.39 is 0 Å². The predicted molar refractivity (Wildman–Crippen MR) is 121 cm³/mol. The number of nitrogens with one attached hydrogen (secondary N) is 2. The van der Waals surface area contributed by atoms with Crippen LogP contribution in [0, 0.1) is 0 Å². The van der Waals surface area contributed by atoms with E-state index in [9.17, 15) is 0 Å². The average molecular weight is 477 g/mol. The first-order valence-electron chi connectivity index (χ1n) is 9.49. The molecule has 0 bridgehead atoms. The zero-order valence-corrected chi connectivity index (χ0v) is 19.0. The molecule has 1 heterocycles. The van der Waals surface area contributed by atoms with Gasteiger partial charge in [0.25, 0.3) is 0 Å². The fourth-order valence-electron chi connectivity index (χ4n) is 2.54. The Morgan fingerprint density at radius 3 is 2.69 bits per heavy atom. The molecule has 1 unspecified atom stereocenters. The maximum absolute atomic E-state index is 5.62. The smallest absolute Gasteiger partial charge is 0.191 e. The first-order chi connectivity index (χ1) is 12.2. The van der Waals surface area contributed by atoms with E-state index in [1.807, 2.05) is 12.1 Å². The molecule has 2 N–H and O–H groups in total. The van der Waals surface area contributed by atoms with Gasteiger partial charge >= 0.3 is 0 Å². The van der Waals surface area contributed by atoms with Crippen LogP contribution in [-0.2, 0) is 0 Å². The molecule has 0 fully saturated rings. The van der Waals surface area contributed by atoms with E-state index in [4.69, 9.17) is 4.74 Å². The van der Waals surface area contributed by atoms with E-state index in [2.05, 4.69) is 53.2 Å². The van der Waals surface area contributed by atoms with Crippen molar-refractivity contribution in [3.05, 3.63) is 24.5 Å². The number of aliphatic imine (C=N–C) groups is 1. The number of hydrogen-bond donors (Lipinski definition) is 2. The second-order valence-corrected chi connectivity index (χ2v) is 6.01. The van der Waals surface area contributed by atoms with Gasteiger partial charge < -0.3 is 20.3 Å². The summed E-state index contributed by atoms with van der Waals surface area (Å²) in [5.41, 5.74) is 0. The standard InChI is InChI=1S/C19H35N5O.HI/c1-5-21-19(22-13-15-25-18-11-8-12-20-16-18)23-17(4)10-9-14-24(6-2)7-3;/h8,11-12,16-17H,5-7,9-10,13-15H2,1-4H3,(H2,21,22,23);1H. The van der Waals surface area contributed by atoms with Crippen molar-refractivity contribution in [2.45, 2.75) is 46.6 Å². The second kappa shape index (κ2) is 16.1. The number of nitrogens with zero attached hydrogens (tertiary/aromatic N) is 3. The Kier molecular flexibility index (Phi) is 15.4. The molecule has 0 amide bonds. The van der Waals surface area contributed by atoms with Crippen LogP contribution in [0.1, 0.15) is 40.5 Å². The highest BCUT2D eigenvalue weighted by Crippen LogP contribution is 2.05. The summed E-state index contributed by atoms with van der Waals surface area (Å²) in [5, 5.41) is 6.77. The highest BCUT2D eigenvalue weighted by Gasteiger charge is 2.06. The van der Waals surface area contributed by atoms with Gasteiger partial charge in [0.2, 0.25) is 0 Å². The van der Waals surface area contributed by atoms with Crippen molar-refractivity contribution in [1.29, 1.82) is 0 Å². The fraction of sp³-hybridized carbons (Fsp3) is 0.684. The molecule has 7 heteroatoms. The van der Waals surface area contributed by atoms with E-state index in [0.29, 0.717) is 19.2 Å². The molecule has 0 aliphatic heterocycles. The van der Waals surface area contributed by atoms with Crippen LogP contribution in [0.2, 0.25) is 0 Å². The largest absolute Gasteiger partial charge is 0.490 e. The molecule has 0 aliphatic rings. The van der Waals surface area contributed by atoms with Crippen LogP contribution in [0.4, 0.5) is 0 Å². The van der Waals surface area contributed by atoms with Gasteiger partial charge in [0.1, 0.15) is 12.4 Å². The van der Waals surface area contributed by atoms with Crippen molar-refractivity contribution < 1.29 is 4.74 Å². The SMILES string of the molecule is CCNC(=NCCOc1cccnc1)NC(C)CCCN(CC)CC.I. The molecule has 1 aromatic heterocycles. The zero-order chi connectivity index (χ0) is 18.3. The van der Waals surface area contributed by atoms with Crippen molar-refractivity contribution in [2.75, 3.05) is 39.3 Å². The quantitative estimate of drug-likeness (QED) is 0.210. The molecule has 1 atom stereocenters. The summed E-state index contributed by atoms with van der Waals surface area (Å²) in [6, 6.07) is 4.16. The Morgan fingerprint density at radius 1 is 1.31 bits per heavy atom. The summed E-state index contributed by atoms with van der Waals surface area (Å²) in [5.74, 6) is 1.63. The lowest BCUT2D eigenvalue weighted by Gasteiger charge is -2.21. The molecule has 0 saturated heterocycles. The molecule has 26 heavy (non-hydrogen) atoms. The van der Waals surface area contributed by atoms with Crippen LogP contribution >= 0.6 is 24.0 Å². The molecule has 0 saturated carbocycles. The molecule has 0 spiro atoms. The maximum atomic E-state index is 5.62. The third-order valence-corrected chi connectivity index (χ3v) is 4.00. The van der Waals surface area contributed by atoms with E-state index in [1.165, 1.54) is 6.42 Å². The Hall–Kier alpha value is -1.09. The second-order valence-electron chi connectivity index (χ2n) is 6.01. The van der Waals surface area contributed by atoms with Gasteiger partial charge in [0.05, 0.1) is 12.7 Å². The number of guanidine groups is 1. The van der Waals surface area contributed by atoms with E-state index in [0.717, 1.165) is 44.3 Å². The van der Waals surface area contributed by atoms with E-state index >= 15 is 0 Å². The van der Waals surface area contributed by atoms with Gasteiger partial charge in [0, 0.05) is 18.8 Å². The van der Waals surface area contributed by atoms with Crippen molar-refractivity contribution >= 4 is 29.9 Å². The Balaban J connectivity index is 0.00000625. The van der Waals surface area contributed by atoms with Crippen LogP contribution in [-0.4, -0.2) is 61.2 Å². The summed E-state index contributed by atoms with van der Waals surface area (Å²) in [4.78, 5) is 11.1. The molecule has 0 radical (unpaired) electrons. The number of halogens is 1. The minimum atomic E-state index is 0. The molecular weight excluding hydrogens is 441 g/mol. The summed E-state index contributed by atoms with van der Waals surface area (Å²) >= 11 is 0. The first-order valence-corrected chi connectivity index (χ1v) is 9.49. The van der Waals surface area contributed by atoms with Crippen molar-refractivity contribution in [1.82, 2.24) is 20.5 Å². The van der Waals surface area contributed by atoms with Crippen LogP contribution in [0.3, 0.4) is 0 Å². The Bertz CT molecular complexity index is 468. The van der Waals surface area contributed by atoms with Gasteiger partial charge in [-0.1, -0.05) is 13.8 Å². The average Bonchev–Trinajstić information content (AvgIpc) is 2.63. The van der Waals surface area contributed by atoms with Crippen molar-refractivity contribution in [2.24, 2.45) is 4.99 Å². The number of hydrogen-bond acceptors (Lipinski definition) is 4. The molecule has 6 nitrogen and oxygen atoms in total. The summed E-state index contributed by atoms with van der Waals surface area (Å²) in [7, 11) is 0. The molecule has 1 aromatic rings. The van der Waals surface area contributed by atoms with Gasteiger partial charge in [-0.2, -0.15) is 0 Å². The zero-order valence-electron chi connectivity index (χ0n) is 16.7. The van der Waals surface area contributed by atoms with Gasteiger partial charge in [-0.3, -0.25) is 4.98 Å². The molecule has 0 aliphatic carbocycles. The monoisotopic (exact) mass is 477 g/mol.